The van der Waals surface area contributed by atoms with Crippen molar-refractivity contribution in [2.75, 3.05) is 21.3 Å². The Bertz CT molecular complexity index is 1250. The smallest absolute Gasteiger partial charge is 0.231 e. The summed E-state index contributed by atoms with van der Waals surface area (Å²) in [5.41, 5.74) is 1.86. The highest BCUT2D eigenvalue weighted by molar-refractivity contribution is 6.00. The number of furan rings is 1. The van der Waals surface area contributed by atoms with Crippen LogP contribution in [-0.4, -0.2) is 38.9 Å². The molecule has 0 radical (unpaired) electrons. The van der Waals surface area contributed by atoms with Crippen LogP contribution in [0.25, 0.3) is 11.3 Å². The lowest BCUT2D eigenvalue weighted by atomic mass is 10.0. The highest BCUT2D eigenvalue weighted by Gasteiger charge is 2.25. The first kappa shape index (κ1) is 24.2. The summed E-state index contributed by atoms with van der Waals surface area (Å²) in [6.45, 7) is 1.43. The summed E-state index contributed by atoms with van der Waals surface area (Å²) in [6.07, 6.45) is -0.933. The molecule has 34 heavy (non-hydrogen) atoms. The molecule has 0 spiro atoms. The van der Waals surface area contributed by atoms with Crippen molar-refractivity contribution < 1.29 is 28.2 Å². The lowest BCUT2D eigenvalue weighted by molar-refractivity contribution is 0.0577. The van der Waals surface area contributed by atoms with E-state index in [0.717, 1.165) is 0 Å². The van der Waals surface area contributed by atoms with Crippen LogP contribution in [0.1, 0.15) is 40.3 Å². The molecular weight excluding hydrogens is 438 g/mol. The van der Waals surface area contributed by atoms with E-state index in [0.29, 0.717) is 33.9 Å². The van der Waals surface area contributed by atoms with E-state index in [1.54, 1.807) is 48.5 Å². The maximum absolute atomic E-state index is 13.1. The minimum absolute atomic E-state index is 0.0868. The van der Waals surface area contributed by atoms with Crippen LogP contribution >= 0.6 is 0 Å². The Balaban J connectivity index is 1.87. The highest BCUT2D eigenvalue weighted by atomic mass is 16.5. The second-order valence-corrected chi connectivity index (χ2v) is 7.12. The van der Waals surface area contributed by atoms with Gasteiger partial charge < -0.3 is 23.4 Å². The molecule has 2 N–H and O–H groups in total. The van der Waals surface area contributed by atoms with Crippen molar-refractivity contribution in [3.63, 3.8) is 0 Å². The van der Waals surface area contributed by atoms with Crippen LogP contribution in [0.4, 0.5) is 0 Å². The summed E-state index contributed by atoms with van der Waals surface area (Å²) >= 11 is 0. The van der Waals surface area contributed by atoms with Crippen LogP contribution in [0.3, 0.4) is 0 Å². The Morgan fingerprint density at radius 2 is 1.62 bits per heavy atom. The zero-order valence-electron chi connectivity index (χ0n) is 19.1. The molecule has 3 aromatic rings. The number of carbonyl (C=O) groups excluding carboxylic acids is 1. The van der Waals surface area contributed by atoms with Gasteiger partial charge in [0.15, 0.2) is 11.7 Å². The first-order valence-electron chi connectivity index (χ1n) is 10.1. The van der Waals surface area contributed by atoms with E-state index in [-0.39, 0.29) is 23.1 Å². The number of nitrogens with zero attached hydrogens (tertiary/aromatic N) is 1. The van der Waals surface area contributed by atoms with Crippen LogP contribution in [0.2, 0.25) is 0 Å². The monoisotopic (exact) mass is 461 g/mol. The van der Waals surface area contributed by atoms with Gasteiger partial charge in [-0.15, -0.1) is 0 Å². The zero-order valence-corrected chi connectivity index (χ0v) is 19.1. The third kappa shape index (κ3) is 4.98. The van der Waals surface area contributed by atoms with Crippen molar-refractivity contribution in [2.24, 2.45) is 0 Å². The van der Waals surface area contributed by atoms with Gasteiger partial charge in [-0.05, 0) is 42.0 Å². The number of hydrogen-bond donors (Lipinski definition) is 2. The molecule has 0 fully saturated rings. The summed E-state index contributed by atoms with van der Waals surface area (Å²) in [5.74, 6) is 0.475. The lowest BCUT2D eigenvalue weighted by Gasteiger charge is -2.14. The summed E-state index contributed by atoms with van der Waals surface area (Å²) in [6, 6.07) is 15.0. The van der Waals surface area contributed by atoms with Gasteiger partial charge in [0, 0.05) is 25.2 Å². The summed E-state index contributed by atoms with van der Waals surface area (Å²) < 4.78 is 26.8. The van der Waals surface area contributed by atoms with Gasteiger partial charge in [0.25, 0.3) is 0 Å². The molecule has 0 saturated heterocycles. The van der Waals surface area contributed by atoms with Gasteiger partial charge in [-0.2, -0.15) is 5.26 Å². The standard InChI is InChI=1S/C25H23N3O6/c1-14(27)33-25(28)16-7-5-15(6-8-16)24(32-4)23(29)20-10-9-19(34-20)17-11-21(30-2)18(13-26)22(12-17)31-3/h5-12,24,27-28H,1-4H3. The van der Waals surface area contributed by atoms with Crippen molar-refractivity contribution in [1.29, 1.82) is 16.1 Å². The highest BCUT2D eigenvalue weighted by Crippen LogP contribution is 2.36. The van der Waals surface area contributed by atoms with E-state index >= 15 is 0 Å². The van der Waals surface area contributed by atoms with Gasteiger partial charge in [0.1, 0.15) is 35.0 Å². The molecule has 174 valence electrons. The lowest BCUT2D eigenvalue weighted by Crippen LogP contribution is -2.15. The van der Waals surface area contributed by atoms with Crippen molar-refractivity contribution >= 4 is 17.6 Å². The van der Waals surface area contributed by atoms with E-state index in [4.69, 9.17) is 34.2 Å². The molecule has 1 atom stereocenters. The molecule has 0 amide bonds. The predicted octanol–water partition coefficient (Wildman–Crippen LogP) is 4.75. The third-order valence-corrected chi connectivity index (χ3v) is 4.96. The van der Waals surface area contributed by atoms with Gasteiger partial charge in [-0.3, -0.25) is 15.6 Å². The number of nitriles is 1. The van der Waals surface area contributed by atoms with Crippen LogP contribution in [0.5, 0.6) is 11.5 Å². The first-order valence-corrected chi connectivity index (χ1v) is 10.1. The average molecular weight is 461 g/mol. The number of benzene rings is 2. The largest absolute Gasteiger partial charge is 0.495 e. The molecule has 9 nitrogen and oxygen atoms in total. The maximum Gasteiger partial charge on any atom is 0.231 e. The Hall–Kier alpha value is -4.42. The Kier molecular flexibility index (Phi) is 7.46. The molecule has 0 aliphatic carbocycles. The summed E-state index contributed by atoms with van der Waals surface area (Å²) in [7, 11) is 4.32. The first-order chi connectivity index (χ1) is 16.3. The molecule has 0 aliphatic heterocycles. The van der Waals surface area contributed by atoms with Crippen molar-refractivity contribution in [2.45, 2.75) is 13.0 Å². The molecule has 1 heterocycles. The average Bonchev–Trinajstić information content (AvgIpc) is 3.34. The molecule has 0 aliphatic rings. The zero-order chi connectivity index (χ0) is 24.8. The molecule has 0 saturated carbocycles. The second kappa shape index (κ2) is 10.5. The maximum atomic E-state index is 13.1. The van der Waals surface area contributed by atoms with Crippen LogP contribution in [-0.2, 0) is 9.47 Å². The normalized spacial score (nSPS) is 11.3. The molecule has 1 aromatic heterocycles. The fraction of sp³-hybridized carbons (Fsp3) is 0.200. The van der Waals surface area contributed by atoms with Crippen molar-refractivity contribution in [1.82, 2.24) is 0 Å². The number of ether oxygens (including phenoxy) is 4. The predicted molar refractivity (Wildman–Crippen MR) is 124 cm³/mol. The molecule has 9 heteroatoms. The topological polar surface area (TPSA) is 139 Å². The number of nitrogens with one attached hydrogen (secondary N) is 2. The van der Waals surface area contributed by atoms with Gasteiger partial charge in [-0.1, -0.05) is 12.1 Å². The van der Waals surface area contributed by atoms with E-state index < -0.39 is 11.9 Å². The minimum Gasteiger partial charge on any atom is -0.495 e. The van der Waals surface area contributed by atoms with Gasteiger partial charge in [0.05, 0.1) is 14.2 Å². The van der Waals surface area contributed by atoms with Crippen LogP contribution in [0.15, 0.2) is 52.9 Å². The quantitative estimate of drug-likeness (QED) is 0.280. The number of ketones is 1. The SMILES string of the molecule is COc1cc(-c2ccc(C(=O)C(OC)c3ccc(C(=N)OC(C)=N)cc3)o2)cc(OC)c1C#N. The Morgan fingerprint density at radius 3 is 2.12 bits per heavy atom. The van der Waals surface area contributed by atoms with Crippen molar-refractivity contribution in [3.05, 3.63) is 71.0 Å². The number of rotatable bonds is 8. The molecule has 3 rings (SSSR count). The van der Waals surface area contributed by atoms with E-state index in [2.05, 4.69) is 0 Å². The molecule has 1 unspecified atom stereocenters. The number of carbonyl (C=O) groups is 1. The van der Waals surface area contributed by atoms with Gasteiger partial charge in [-0.25, -0.2) is 0 Å². The fourth-order valence-corrected chi connectivity index (χ4v) is 3.33. The number of Topliss-reactive ketones (excluding diaryl/α,β-unsaturated/α-hetero) is 1. The van der Waals surface area contributed by atoms with Crippen LogP contribution in [0, 0.1) is 22.1 Å². The number of hydrogen-bond acceptors (Lipinski definition) is 9. The fourth-order valence-electron chi connectivity index (χ4n) is 3.33. The Labute approximate surface area is 196 Å². The third-order valence-electron chi connectivity index (χ3n) is 4.96. The summed E-state index contributed by atoms with van der Waals surface area (Å²) in [5, 5.41) is 24.5. The van der Waals surface area contributed by atoms with Crippen LogP contribution < -0.4 is 9.47 Å². The van der Waals surface area contributed by atoms with E-state index in [1.165, 1.54) is 28.3 Å². The van der Waals surface area contributed by atoms with E-state index in [9.17, 15) is 10.1 Å². The van der Waals surface area contributed by atoms with E-state index in [1.807, 2.05) is 6.07 Å². The molecule has 0 bridgehead atoms. The molecular formula is C25H23N3O6. The molecule has 2 aromatic carbocycles. The van der Waals surface area contributed by atoms with Gasteiger partial charge >= 0.3 is 0 Å². The van der Waals surface area contributed by atoms with Crippen molar-refractivity contribution in [3.8, 4) is 28.9 Å². The van der Waals surface area contributed by atoms with Gasteiger partial charge in [0.2, 0.25) is 11.7 Å². The Morgan fingerprint density at radius 1 is 1.00 bits per heavy atom. The minimum atomic E-state index is -0.933. The second-order valence-electron chi connectivity index (χ2n) is 7.12. The number of methoxy groups -OCH3 is 3. The summed E-state index contributed by atoms with van der Waals surface area (Å²) in [4.78, 5) is 13.1.